The van der Waals surface area contributed by atoms with Gasteiger partial charge in [0.15, 0.2) is 9.84 Å². The van der Waals surface area contributed by atoms with Gasteiger partial charge in [0.1, 0.15) is 11.1 Å². The summed E-state index contributed by atoms with van der Waals surface area (Å²) in [4.78, 5) is 12.2. The summed E-state index contributed by atoms with van der Waals surface area (Å²) in [5.74, 6) is -0.202. The number of nitrogens with zero attached hydrogens (tertiary/aromatic N) is 1. The lowest BCUT2D eigenvalue weighted by Gasteiger charge is -2.05. The summed E-state index contributed by atoms with van der Waals surface area (Å²) >= 11 is 1.29. The molecule has 7 heteroatoms. The molecule has 0 saturated heterocycles. The first-order valence-electron chi connectivity index (χ1n) is 6.55. The van der Waals surface area contributed by atoms with Crippen molar-refractivity contribution in [1.29, 1.82) is 5.26 Å². The van der Waals surface area contributed by atoms with Crippen LogP contribution in [0.25, 0.3) is 0 Å². The second-order valence-corrected chi connectivity index (χ2v) is 7.74. The van der Waals surface area contributed by atoms with Crippen LogP contribution in [0.4, 0.5) is 5.00 Å². The molecule has 1 amide bonds. The number of sulfone groups is 1. The number of carbonyl (C=O) groups is 1. The van der Waals surface area contributed by atoms with Crippen LogP contribution in [0.5, 0.6) is 0 Å². The van der Waals surface area contributed by atoms with Crippen molar-refractivity contribution in [2.75, 3.05) is 11.1 Å². The average Bonchev–Trinajstić information content (AvgIpc) is 2.94. The van der Waals surface area contributed by atoms with Crippen molar-refractivity contribution in [3.8, 4) is 6.07 Å². The van der Waals surface area contributed by atoms with Crippen LogP contribution in [-0.2, 0) is 21.1 Å². The van der Waals surface area contributed by atoms with Crippen LogP contribution in [0, 0.1) is 11.3 Å². The number of rotatable bonds is 5. The lowest BCUT2D eigenvalue weighted by atomic mass is 10.1. The van der Waals surface area contributed by atoms with Gasteiger partial charge in [0.05, 0.1) is 22.6 Å². The number of nitriles is 1. The SMILES string of the molecule is CCS(=O)(=O)c1ccc(CC(=O)Nc2sccc2C#N)cc1. The van der Waals surface area contributed by atoms with Crippen molar-refractivity contribution < 1.29 is 13.2 Å². The highest BCUT2D eigenvalue weighted by molar-refractivity contribution is 7.91. The Morgan fingerprint density at radius 2 is 1.95 bits per heavy atom. The van der Waals surface area contributed by atoms with Crippen molar-refractivity contribution in [2.45, 2.75) is 18.2 Å². The molecule has 0 aliphatic heterocycles. The van der Waals surface area contributed by atoms with Crippen LogP contribution in [0.1, 0.15) is 18.1 Å². The third-order valence-corrected chi connectivity index (χ3v) is 5.65. The maximum absolute atomic E-state index is 12.0. The number of hydrogen-bond acceptors (Lipinski definition) is 5. The van der Waals surface area contributed by atoms with E-state index in [-0.39, 0.29) is 23.0 Å². The van der Waals surface area contributed by atoms with Gasteiger partial charge in [-0.3, -0.25) is 4.79 Å². The minimum absolute atomic E-state index is 0.0438. The van der Waals surface area contributed by atoms with Crippen molar-refractivity contribution in [1.82, 2.24) is 0 Å². The Kier molecular flexibility index (Phi) is 4.96. The van der Waals surface area contributed by atoms with Crippen LogP contribution in [0.2, 0.25) is 0 Å². The fourth-order valence-electron chi connectivity index (χ4n) is 1.83. The molecule has 1 aromatic heterocycles. The van der Waals surface area contributed by atoms with Crippen LogP contribution in [0.3, 0.4) is 0 Å². The molecule has 2 aromatic rings. The van der Waals surface area contributed by atoms with Gasteiger partial charge in [0.2, 0.25) is 5.91 Å². The summed E-state index contributed by atoms with van der Waals surface area (Å²) in [6.45, 7) is 1.59. The predicted octanol–water partition coefficient (Wildman–Crippen LogP) is 2.59. The van der Waals surface area contributed by atoms with E-state index in [1.165, 1.54) is 23.5 Å². The Morgan fingerprint density at radius 3 is 2.55 bits per heavy atom. The van der Waals surface area contributed by atoms with Crippen LogP contribution >= 0.6 is 11.3 Å². The number of thiophene rings is 1. The maximum atomic E-state index is 12.0. The van der Waals surface area contributed by atoms with Crippen molar-refractivity contribution in [3.05, 3.63) is 46.8 Å². The molecule has 0 saturated carbocycles. The highest BCUT2D eigenvalue weighted by Gasteiger charge is 2.12. The third-order valence-electron chi connectivity index (χ3n) is 3.07. The van der Waals surface area contributed by atoms with E-state index in [1.54, 1.807) is 30.5 Å². The minimum atomic E-state index is -3.23. The average molecular weight is 334 g/mol. The first-order chi connectivity index (χ1) is 10.5. The molecule has 0 atom stereocenters. The number of benzene rings is 1. The molecule has 2 rings (SSSR count). The summed E-state index contributed by atoms with van der Waals surface area (Å²) in [7, 11) is -3.23. The van der Waals surface area contributed by atoms with Crippen molar-refractivity contribution >= 4 is 32.1 Å². The topological polar surface area (TPSA) is 87.0 Å². The Morgan fingerprint density at radius 1 is 1.27 bits per heavy atom. The number of anilines is 1. The second kappa shape index (κ2) is 6.73. The first kappa shape index (κ1) is 16.2. The summed E-state index contributed by atoms with van der Waals surface area (Å²) in [5, 5.41) is 13.8. The van der Waals surface area contributed by atoms with E-state index in [0.717, 1.165) is 0 Å². The van der Waals surface area contributed by atoms with Gasteiger partial charge in [-0.15, -0.1) is 11.3 Å². The smallest absolute Gasteiger partial charge is 0.229 e. The highest BCUT2D eigenvalue weighted by Crippen LogP contribution is 2.22. The van der Waals surface area contributed by atoms with Gasteiger partial charge in [-0.05, 0) is 29.1 Å². The van der Waals surface area contributed by atoms with Gasteiger partial charge in [-0.1, -0.05) is 19.1 Å². The third kappa shape index (κ3) is 3.72. The van der Waals surface area contributed by atoms with E-state index in [1.807, 2.05) is 6.07 Å². The zero-order chi connectivity index (χ0) is 16.2. The standard InChI is InChI=1S/C15H14N2O3S2/c1-2-22(19,20)13-5-3-11(4-6-13)9-14(18)17-15-12(10-16)7-8-21-15/h3-8H,2,9H2,1H3,(H,17,18). The van der Waals surface area contributed by atoms with E-state index in [4.69, 9.17) is 5.26 Å². The number of amides is 1. The lowest BCUT2D eigenvalue weighted by Crippen LogP contribution is -2.14. The Hall–Kier alpha value is -2.17. The van der Waals surface area contributed by atoms with Gasteiger partial charge >= 0.3 is 0 Å². The zero-order valence-corrected chi connectivity index (χ0v) is 13.5. The second-order valence-electron chi connectivity index (χ2n) is 4.55. The molecule has 114 valence electrons. The molecule has 0 fully saturated rings. The molecule has 0 bridgehead atoms. The molecule has 0 unspecified atom stereocenters. The zero-order valence-electron chi connectivity index (χ0n) is 11.9. The van der Waals surface area contributed by atoms with E-state index < -0.39 is 9.84 Å². The summed E-state index contributed by atoms with van der Waals surface area (Å²) in [5.41, 5.74) is 1.14. The highest BCUT2D eigenvalue weighted by atomic mass is 32.2. The normalized spacial score (nSPS) is 10.9. The largest absolute Gasteiger partial charge is 0.316 e. The Bertz CT molecular complexity index is 815. The molecular formula is C15H14N2O3S2. The summed E-state index contributed by atoms with van der Waals surface area (Å²) in [6, 6.07) is 9.92. The van der Waals surface area contributed by atoms with Gasteiger partial charge in [0.25, 0.3) is 0 Å². The van der Waals surface area contributed by atoms with Crippen LogP contribution in [-0.4, -0.2) is 20.1 Å². The van der Waals surface area contributed by atoms with E-state index in [0.29, 0.717) is 16.1 Å². The monoisotopic (exact) mass is 334 g/mol. The number of nitrogens with one attached hydrogen (secondary N) is 1. The molecule has 0 aliphatic rings. The molecule has 1 heterocycles. The molecule has 0 aliphatic carbocycles. The van der Waals surface area contributed by atoms with Crippen molar-refractivity contribution in [2.24, 2.45) is 0 Å². The minimum Gasteiger partial charge on any atom is -0.316 e. The molecule has 5 nitrogen and oxygen atoms in total. The van der Waals surface area contributed by atoms with E-state index in [2.05, 4.69) is 5.32 Å². The summed E-state index contributed by atoms with van der Waals surface area (Å²) < 4.78 is 23.4. The molecular weight excluding hydrogens is 320 g/mol. The molecule has 0 radical (unpaired) electrons. The molecule has 1 N–H and O–H groups in total. The quantitative estimate of drug-likeness (QED) is 0.910. The molecule has 0 spiro atoms. The van der Waals surface area contributed by atoms with Gasteiger partial charge < -0.3 is 5.32 Å². The Labute approximate surface area is 133 Å². The van der Waals surface area contributed by atoms with Gasteiger partial charge in [0, 0.05) is 0 Å². The first-order valence-corrected chi connectivity index (χ1v) is 9.08. The molecule has 22 heavy (non-hydrogen) atoms. The number of hydrogen-bond donors (Lipinski definition) is 1. The van der Waals surface area contributed by atoms with Crippen LogP contribution in [0.15, 0.2) is 40.6 Å². The van der Waals surface area contributed by atoms with Crippen molar-refractivity contribution in [3.63, 3.8) is 0 Å². The molecule has 1 aromatic carbocycles. The number of carbonyl (C=O) groups excluding carboxylic acids is 1. The van der Waals surface area contributed by atoms with Gasteiger partial charge in [-0.2, -0.15) is 5.26 Å². The van der Waals surface area contributed by atoms with Crippen LogP contribution < -0.4 is 5.32 Å². The fourth-order valence-corrected chi connectivity index (χ4v) is 3.47. The van der Waals surface area contributed by atoms with E-state index >= 15 is 0 Å². The van der Waals surface area contributed by atoms with Gasteiger partial charge in [-0.25, -0.2) is 8.42 Å². The summed E-state index contributed by atoms with van der Waals surface area (Å²) in [6.07, 6.45) is 0.120. The maximum Gasteiger partial charge on any atom is 0.229 e. The fraction of sp³-hybridized carbons (Fsp3) is 0.200. The van der Waals surface area contributed by atoms with E-state index in [9.17, 15) is 13.2 Å². The predicted molar refractivity (Wildman–Crippen MR) is 85.5 cm³/mol. The lowest BCUT2D eigenvalue weighted by molar-refractivity contribution is -0.115. The Balaban J connectivity index is 2.05.